The highest BCUT2D eigenvalue weighted by molar-refractivity contribution is 5.99. The zero-order valence-corrected chi connectivity index (χ0v) is 16.0. The fourth-order valence-electron chi connectivity index (χ4n) is 2.93. The summed E-state index contributed by atoms with van der Waals surface area (Å²) in [6.45, 7) is 7.97. The van der Waals surface area contributed by atoms with E-state index in [2.05, 4.69) is 24.1 Å². The Hall–Kier alpha value is -1.01. The van der Waals surface area contributed by atoms with Crippen LogP contribution in [0.2, 0.25) is 0 Å². The highest BCUT2D eigenvalue weighted by atomic mass is 35.5. The van der Waals surface area contributed by atoms with Crippen molar-refractivity contribution < 1.29 is 9.53 Å². The number of rotatable bonds is 6. The van der Waals surface area contributed by atoms with Gasteiger partial charge in [0, 0.05) is 25.3 Å². The van der Waals surface area contributed by atoms with Crippen molar-refractivity contribution in [1.82, 2.24) is 10.2 Å². The number of hydrogen-bond acceptors (Lipinski definition) is 4. The van der Waals surface area contributed by atoms with Crippen LogP contribution in [0.25, 0.3) is 0 Å². The van der Waals surface area contributed by atoms with Crippen LogP contribution in [0.5, 0.6) is 0 Å². The van der Waals surface area contributed by atoms with Gasteiger partial charge in [0.2, 0.25) is 0 Å². The first-order valence-corrected chi connectivity index (χ1v) is 8.06. The molecule has 2 unspecified atom stereocenters. The lowest BCUT2D eigenvalue weighted by atomic mass is 10.1. The Labute approximate surface area is 157 Å². The number of hydrogen-bond donors (Lipinski definition) is 2. The second kappa shape index (κ2) is 11.5. The molecule has 0 bridgehead atoms. The van der Waals surface area contributed by atoms with Gasteiger partial charge in [-0.3, -0.25) is 9.69 Å². The van der Waals surface area contributed by atoms with Crippen molar-refractivity contribution in [2.24, 2.45) is 0 Å². The van der Waals surface area contributed by atoms with Crippen molar-refractivity contribution >= 4 is 36.4 Å². The van der Waals surface area contributed by atoms with Crippen LogP contribution in [0, 0.1) is 0 Å². The Morgan fingerprint density at radius 1 is 1.21 bits per heavy atom. The molecule has 0 aliphatic carbocycles. The first kappa shape index (κ1) is 23.0. The topological polar surface area (TPSA) is 67.6 Å². The SMILES string of the molecule is CC1CN(CCCCNC(=O)c2ccccc2N)CC(C)O1.Cl.Cl. The zero-order chi connectivity index (χ0) is 15.9. The van der Waals surface area contributed by atoms with Gasteiger partial charge in [0.05, 0.1) is 17.8 Å². The van der Waals surface area contributed by atoms with Crippen molar-refractivity contribution in [2.75, 3.05) is 31.9 Å². The maximum atomic E-state index is 12.0. The van der Waals surface area contributed by atoms with Crippen molar-refractivity contribution in [3.63, 3.8) is 0 Å². The standard InChI is InChI=1S/C17H27N3O2.2ClH/c1-13-11-20(12-14(2)22-13)10-6-5-9-19-17(21)15-7-3-4-8-16(15)18;;/h3-4,7-8,13-14H,5-6,9-12,18H2,1-2H3,(H,19,21);2*1H. The largest absolute Gasteiger partial charge is 0.398 e. The van der Waals surface area contributed by atoms with Crippen molar-refractivity contribution in [3.05, 3.63) is 29.8 Å². The molecule has 0 aromatic heterocycles. The van der Waals surface area contributed by atoms with Gasteiger partial charge in [0.1, 0.15) is 0 Å². The van der Waals surface area contributed by atoms with Gasteiger partial charge in [-0.2, -0.15) is 0 Å². The number of morpholine rings is 1. The van der Waals surface area contributed by atoms with E-state index in [-0.39, 0.29) is 30.7 Å². The number of nitrogens with one attached hydrogen (secondary N) is 1. The number of nitrogen functional groups attached to an aromatic ring is 1. The fourth-order valence-corrected chi connectivity index (χ4v) is 2.93. The molecule has 138 valence electrons. The van der Waals surface area contributed by atoms with Crippen LogP contribution in [-0.4, -0.2) is 49.2 Å². The van der Waals surface area contributed by atoms with E-state index in [1.165, 1.54) is 0 Å². The van der Waals surface area contributed by atoms with Gasteiger partial charge in [-0.15, -0.1) is 24.8 Å². The molecule has 0 spiro atoms. The molecule has 1 amide bonds. The summed E-state index contributed by atoms with van der Waals surface area (Å²) in [6.07, 6.45) is 2.66. The molecule has 5 nitrogen and oxygen atoms in total. The molecule has 2 atom stereocenters. The number of ether oxygens (including phenoxy) is 1. The van der Waals surface area contributed by atoms with Crippen LogP contribution < -0.4 is 11.1 Å². The smallest absolute Gasteiger partial charge is 0.253 e. The van der Waals surface area contributed by atoms with E-state index in [1.807, 2.05) is 12.1 Å². The number of nitrogens with two attached hydrogens (primary N) is 1. The monoisotopic (exact) mass is 377 g/mol. The van der Waals surface area contributed by atoms with Crippen LogP contribution >= 0.6 is 24.8 Å². The maximum Gasteiger partial charge on any atom is 0.253 e. The molecular formula is C17H29Cl2N3O2. The summed E-state index contributed by atoms with van der Waals surface area (Å²) in [5.41, 5.74) is 6.87. The van der Waals surface area contributed by atoms with Gasteiger partial charge in [0.25, 0.3) is 5.91 Å². The molecule has 1 aromatic rings. The fraction of sp³-hybridized carbons (Fsp3) is 0.588. The molecule has 1 fully saturated rings. The van der Waals surface area contributed by atoms with Crippen LogP contribution in [0.4, 0.5) is 5.69 Å². The number of unbranched alkanes of at least 4 members (excludes halogenated alkanes) is 1. The lowest BCUT2D eigenvalue weighted by Gasteiger charge is -2.35. The molecule has 3 N–H and O–H groups in total. The van der Waals surface area contributed by atoms with Gasteiger partial charge >= 0.3 is 0 Å². The number of anilines is 1. The average molecular weight is 378 g/mol. The van der Waals surface area contributed by atoms with Crippen molar-refractivity contribution in [1.29, 1.82) is 0 Å². The Balaban J connectivity index is 0.00000264. The first-order valence-electron chi connectivity index (χ1n) is 8.06. The number of benzene rings is 1. The summed E-state index contributed by atoms with van der Waals surface area (Å²) in [6, 6.07) is 7.15. The van der Waals surface area contributed by atoms with E-state index >= 15 is 0 Å². The summed E-state index contributed by atoms with van der Waals surface area (Å²) < 4.78 is 5.72. The summed E-state index contributed by atoms with van der Waals surface area (Å²) in [5, 5.41) is 2.93. The highest BCUT2D eigenvalue weighted by Crippen LogP contribution is 2.12. The molecule has 1 aliphatic rings. The Bertz CT molecular complexity index is 492. The van der Waals surface area contributed by atoms with Crippen molar-refractivity contribution in [2.45, 2.75) is 38.9 Å². The third-order valence-corrected chi connectivity index (χ3v) is 3.89. The van der Waals surface area contributed by atoms with E-state index in [4.69, 9.17) is 10.5 Å². The van der Waals surface area contributed by atoms with Gasteiger partial charge in [-0.1, -0.05) is 12.1 Å². The number of para-hydroxylation sites is 1. The van der Waals surface area contributed by atoms with Crippen LogP contribution in [0.1, 0.15) is 37.0 Å². The first-order chi connectivity index (χ1) is 10.6. The Morgan fingerprint density at radius 3 is 2.46 bits per heavy atom. The summed E-state index contributed by atoms with van der Waals surface area (Å²) in [5.74, 6) is -0.0910. The summed E-state index contributed by atoms with van der Waals surface area (Å²) >= 11 is 0. The molecule has 0 radical (unpaired) electrons. The number of carbonyl (C=O) groups excluding carboxylic acids is 1. The van der Waals surface area contributed by atoms with Gasteiger partial charge in [-0.25, -0.2) is 0 Å². The lowest BCUT2D eigenvalue weighted by Crippen LogP contribution is -2.45. The van der Waals surface area contributed by atoms with Crippen LogP contribution in [-0.2, 0) is 4.74 Å². The third-order valence-electron chi connectivity index (χ3n) is 3.89. The van der Waals surface area contributed by atoms with E-state index < -0.39 is 0 Å². The highest BCUT2D eigenvalue weighted by Gasteiger charge is 2.21. The minimum absolute atomic E-state index is 0. The number of halogens is 2. The van der Waals surface area contributed by atoms with Crippen LogP contribution in [0.15, 0.2) is 24.3 Å². The third kappa shape index (κ3) is 7.26. The molecule has 2 rings (SSSR count). The molecule has 1 aliphatic heterocycles. The Kier molecular flexibility index (Phi) is 11.0. The molecule has 1 aromatic carbocycles. The molecule has 1 heterocycles. The van der Waals surface area contributed by atoms with Gasteiger partial charge in [-0.05, 0) is 45.4 Å². The van der Waals surface area contributed by atoms with Gasteiger partial charge in [0.15, 0.2) is 0 Å². The predicted octanol–water partition coefficient (Wildman–Crippen LogP) is 2.73. The predicted molar refractivity (Wildman–Crippen MR) is 103 cm³/mol. The Morgan fingerprint density at radius 2 is 1.83 bits per heavy atom. The quantitative estimate of drug-likeness (QED) is 0.590. The second-order valence-electron chi connectivity index (χ2n) is 6.07. The summed E-state index contributed by atoms with van der Waals surface area (Å²) in [4.78, 5) is 14.4. The molecule has 0 saturated carbocycles. The molecule has 7 heteroatoms. The second-order valence-corrected chi connectivity index (χ2v) is 6.07. The lowest BCUT2D eigenvalue weighted by molar-refractivity contribution is -0.0681. The minimum Gasteiger partial charge on any atom is -0.398 e. The zero-order valence-electron chi connectivity index (χ0n) is 14.4. The van der Waals surface area contributed by atoms with E-state index in [1.54, 1.807) is 12.1 Å². The molecule has 1 saturated heterocycles. The minimum atomic E-state index is -0.0910. The number of amides is 1. The number of carbonyl (C=O) groups is 1. The molecule has 24 heavy (non-hydrogen) atoms. The molecular weight excluding hydrogens is 349 g/mol. The van der Waals surface area contributed by atoms with E-state index in [0.29, 0.717) is 30.0 Å². The summed E-state index contributed by atoms with van der Waals surface area (Å²) in [7, 11) is 0. The van der Waals surface area contributed by atoms with Crippen LogP contribution in [0.3, 0.4) is 0 Å². The maximum absolute atomic E-state index is 12.0. The normalized spacial score (nSPS) is 20.6. The van der Waals surface area contributed by atoms with E-state index in [0.717, 1.165) is 32.5 Å². The van der Waals surface area contributed by atoms with Crippen molar-refractivity contribution in [3.8, 4) is 0 Å². The number of nitrogens with zero attached hydrogens (tertiary/aromatic N) is 1. The average Bonchev–Trinajstić information content (AvgIpc) is 2.46. The van der Waals surface area contributed by atoms with E-state index in [9.17, 15) is 4.79 Å². The van der Waals surface area contributed by atoms with Gasteiger partial charge < -0.3 is 15.8 Å².